The third-order valence-corrected chi connectivity index (χ3v) is 2.98. The standard InChI is InChI=1S/C11H16N4O/c1-15(10-2-4-12-5-3-10)11(16)9-6-13-8-14-7-9/h6-8,10,12H,2-5H2,1H3. The fourth-order valence-corrected chi connectivity index (χ4v) is 1.97. The second kappa shape index (κ2) is 5.03. The van der Waals surface area contributed by atoms with Crippen molar-refractivity contribution in [3.63, 3.8) is 0 Å². The molecule has 0 aliphatic carbocycles. The number of nitrogens with one attached hydrogen (secondary N) is 1. The van der Waals surface area contributed by atoms with Crippen molar-refractivity contribution >= 4 is 5.91 Å². The molecule has 0 unspecified atom stereocenters. The Kier molecular flexibility index (Phi) is 3.46. The highest BCUT2D eigenvalue weighted by Crippen LogP contribution is 2.12. The van der Waals surface area contributed by atoms with Crippen LogP contribution in [-0.2, 0) is 0 Å². The number of carbonyl (C=O) groups is 1. The Bertz CT molecular complexity index is 348. The van der Waals surface area contributed by atoms with E-state index >= 15 is 0 Å². The van der Waals surface area contributed by atoms with E-state index in [2.05, 4.69) is 15.3 Å². The maximum Gasteiger partial charge on any atom is 0.256 e. The minimum absolute atomic E-state index is 0.00694. The quantitative estimate of drug-likeness (QED) is 0.779. The molecule has 1 amide bonds. The lowest BCUT2D eigenvalue weighted by Crippen LogP contribution is -2.44. The molecule has 0 aromatic carbocycles. The summed E-state index contributed by atoms with van der Waals surface area (Å²) in [5, 5.41) is 3.29. The monoisotopic (exact) mass is 220 g/mol. The lowest BCUT2D eigenvalue weighted by molar-refractivity contribution is 0.0702. The van der Waals surface area contributed by atoms with E-state index in [1.165, 1.54) is 6.33 Å². The average Bonchev–Trinajstić information content (AvgIpc) is 2.39. The van der Waals surface area contributed by atoms with E-state index in [4.69, 9.17) is 0 Å². The van der Waals surface area contributed by atoms with E-state index in [1.54, 1.807) is 17.3 Å². The summed E-state index contributed by atoms with van der Waals surface area (Å²) in [6.45, 7) is 1.96. The molecule has 2 rings (SSSR count). The highest BCUT2D eigenvalue weighted by molar-refractivity contribution is 5.93. The first-order valence-electron chi connectivity index (χ1n) is 5.52. The number of hydrogen-bond donors (Lipinski definition) is 1. The van der Waals surface area contributed by atoms with Crippen LogP contribution in [0.2, 0.25) is 0 Å². The Balaban J connectivity index is 2.04. The average molecular weight is 220 g/mol. The van der Waals surface area contributed by atoms with Crippen molar-refractivity contribution in [2.75, 3.05) is 20.1 Å². The highest BCUT2D eigenvalue weighted by atomic mass is 16.2. The number of piperidine rings is 1. The van der Waals surface area contributed by atoms with Crippen LogP contribution in [0.4, 0.5) is 0 Å². The molecule has 0 saturated carbocycles. The predicted octanol–water partition coefficient (Wildman–Crippen LogP) is 0.301. The van der Waals surface area contributed by atoms with Gasteiger partial charge in [0, 0.05) is 25.5 Å². The molecule has 0 atom stereocenters. The first-order valence-corrected chi connectivity index (χ1v) is 5.52. The fourth-order valence-electron chi connectivity index (χ4n) is 1.97. The van der Waals surface area contributed by atoms with Gasteiger partial charge in [-0.15, -0.1) is 0 Å². The van der Waals surface area contributed by atoms with Crippen LogP contribution in [0.15, 0.2) is 18.7 Å². The van der Waals surface area contributed by atoms with Crippen molar-refractivity contribution in [2.24, 2.45) is 0 Å². The molecule has 86 valence electrons. The zero-order valence-electron chi connectivity index (χ0n) is 9.39. The number of amides is 1. The Morgan fingerprint density at radius 3 is 2.62 bits per heavy atom. The van der Waals surface area contributed by atoms with Gasteiger partial charge >= 0.3 is 0 Å². The third-order valence-electron chi connectivity index (χ3n) is 2.98. The topological polar surface area (TPSA) is 58.1 Å². The van der Waals surface area contributed by atoms with Gasteiger partial charge in [-0.05, 0) is 25.9 Å². The molecular weight excluding hydrogens is 204 g/mol. The first kappa shape index (κ1) is 11.0. The van der Waals surface area contributed by atoms with Crippen molar-refractivity contribution in [3.8, 4) is 0 Å². The number of aromatic nitrogens is 2. The SMILES string of the molecule is CN(C(=O)c1cncnc1)C1CCNCC1. The van der Waals surface area contributed by atoms with Crippen LogP contribution >= 0.6 is 0 Å². The molecule has 1 aliphatic heterocycles. The van der Waals surface area contributed by atoms with E-state index in [0.717, 1.165) is 25.9 Å². The Hall–Kier alpha value is -1.49. The van der Waals surface area contributed by atoms with Gasteiger partial charge in [0.1, 0.15) is 6.33 Å². The number of rotatable bonds is 2. The van der Waals surface area contributed by atoms with E-state index in [0.29, 0.717) is 11.6 Å². The van der Waals surface area contributed by atoms with Gasteiger partial charge in [0.25, 0.3) is 5.91 Å². The van der Waals surface area contributed by atoms with Crippen LogP contribution in [0.25, 0.3) is 0 Å². The van der Waals surface area contributed by atoms with Gasteiger partial charge in [0.05, 0.1) is 5.56 Å². The molecule has 0 spiro atoms. The number of nitrogens with zero attached hydrogens (tertiary/aromatic N) is 3. The number of hydrogen-bond acceptors (Lipinski definition) is 4. The molecule has 0 bridgehead atoms. The summed E-state index contributed by atoms with van der Waals surface area (Å²) < 4.78 is 0. The van der Waals surface area contributed by atoms with E-state index in [-0.39, 0.29) is 5.91 Å². The highest BCUT2D eigenvalue weighted by Gasteiger charge is 2.22. The molecule has 1 aromatic heterocycles. The van der Waals surface area contributed by atoms with Gasteiger partial charge in [0.2, 0.25) is 0 Å². The molecular formula is C11H16N4O. The van der Waals surface area contributed by atoms with Crippen molar-refractivity contribution in [3.05, 3.63) is 24.3 Å². The van der Waals surface area contributed by atoms with Gasteiger partial charge in [-0.3, -0.25) is 4.79 Å². The van der Waals surface area contributed by atoms with Crippen molar-refractivity contribution in [1.29, 1.82) is 0 Å². The van der Waals surface area contributed by atoms with Gasteiger partial charge in [-0.2, -0.15) is 0 Å². The summed E-state index contributed by atoms with van der Waals surface area (Å²) in [6, 6.07) is 0.328. The predicted molar refractivity (Wildman–Crippen MR) is 60.0 cm³/mol. The Morgan fingerprint density at radius 1 is 1.38 bits per heavy atom. The van der Waals surface area contributed by atoms with E-state index < -0.39 is 0 Å². The normalized spacial score (nSPS) is 17.1. The lowest BCUT2D eigenvalue weighted by atomic mass is 10.0. The summed E-state index contributed by atoms with van der Waals surface area (Å²) >= 11 is 0. The molecule has 16 heavy (non-hydrogen) atoms. The van der Waals surface area contributed by atoms with Crippen LogP contribution in [0.5, 0.6) is 0 Å². The second-order valence-corrected chi connectivity index (χ2v) is 4.02. The molecule has 1 saturated heterocycles. The molecule has 1 fully saturated rings. The Morgan fingerprint density at radius 2 is 2.00 bits per heavy atom. The summed E-state index contributed by atoms with van der Waals surface area (Å²) in [4.78, 5) is 21.6. The zero-order chi connectivity index (χ0) is 11.4. The summed E-state index contributed by atoms with van der Waals surface area (Å²) in [6.07, 6.45) is 6.58. The Labute approximate surface area is 94.9 Å². The largest absolute Gasteiger partial charge is 0.339 e. The lowest BCUT2D eigenvalue weighted by Gasteiger charge is -2.31. The van der Waals surface area contributed by atoms with Crippen LogP contribution in [0.1, 0.15) is 23.2 Å². The van der Waals surface area contributed by atoms with Crippen LogP contribution < -0.4 is 5.32 Å². The maximum atomic E-state index is 12.1. The first-order chi connectivity index (χ1) is 7.79. The minimum Gasteiger partial charge on any atom is -0.339 e. The van der Waals surface area contributed by atoms with Gasteiger partial charge in [0.15, 0.2) is 0 Å². The van der Waals surface area contributed by atoms with Crippen molar-refractivity contribution in [1.82, 2.24) is 20.2 Å². The van der Waals surface area contributed by atoms with Crippen LogP contribution in [-0.4, -0.2) is 47.0 Å². The summed E-state index contributed by atoms with van der Waals surface area (Å²) in [5.41, 5.74) is 0.559. The van der Waals surface area contributed by atoms with Gasteiger partial charge < -0.3 is 10.2 Å². The zero-order valence-corrected chi connectivity index (χ0v) is 9.39. The van der Waals surface area contributed by atoms with Crippen LogP contribution in [0, 0.1) is 0 Å². The smallest absolute Gasteiger partial charge is 0.256 e. The second-order valence-electron chi connectivity index (χ2n) is 4.02. The molecule has 0 radical (unpaired) electrons. The number of carbonyl (C=O) groups excluding carboxylic acids is 1. The molecule has 2 heterocycles. The van der Waals surface area contributed by atoms with Gasteiger partial charge in [-0.25, -0.2) is 9.97 Å². The van der Waals surface area contributed by atoms with E-state index in [1.807, 2.05) is 7.05 Å². The fraction of sp³-hybridized carbons (Fsp3) is 0.545. The van der Waals surface area contributed by atoms with E-state index in [9.17, 15) is 4.79 Å². The minimum atomic E-state index is 0.00694. The molecule has 5 heteroatoms. The van der Waals surface area contributed by atoms with Crippen LogP contribution in [0.3, 0.4) is 0 Å². The third kappa shape index (κ3) is 2.36. The molecule has 1 aromatic rings. The van der Waals surface area contributed by atoms with Gasteiger partial charge in [-0.1, -0.05) is 0 Å². The molecule has 1 aliphatic rings. The maximum absolute atomic E-state index is 12.1. The van der Waals surface area contributed by atoms with Crippen molar-refractivity contribution < 1.29 is 4.79 Å². The molecule has 5 nitrogen and oxygen atoms in total. The summed E-state index contributed by atoms with van der Waals surface area (Å²) in [5.74, 6) is 0.00694. The van der Waals surface area contributed by atoms with Crippen molar-refractivity contribution in [2.45, 2.75) is 18.9 Å². The molecule has 1 N–H and O–H groups in total. The summed E-state index contributed by atoms with van der Waals surface area (Å²) in [7, 11) is 1.85.